The van der Waals surface area contributed by atoms with Gasteiger partial charge in [-0.15, -0.1) is 5.10 Å². The molecule has 1 N–H and O–H groups in total. The molecule has 0 aromatic carbocycles. The monoisotopic (exact) mass is 310 g/mol. The summed E-state index contributed by atoms with van der Waals surface area (Å²) in [5, 5.41) is 11.1. The van der Waals surface area contributed by atoms with Crippen molar-refractivity contribution in [1.82, 2.24) is 25.1 Å². The van der Waals surface area contributed by atoms with Crippen LogP contribution in [0.3, 0.4) is 0 Å². The summed E-state index contributed by atoms with van der Waals surface area (Å²) in [6, 6.07) is 5.78. The van der Waals surface area contributed by atoms with Gasteiger partial charge in [0.25, 0.3) is 5.91 Å². The van der Waals surface area contributed by atoms with Gasteiger partial charge < -0.3 is 10.2 Å². The van der Waals surface area contributed by atoms with E-state index in [4.69, 9.17) is 0 Å². The number of anilines is 1. The van der Waals surface area contributed by atoms with Crippen LogP contribution in [0.4, 0.5) is 5.82 Å². The molecule has 2 aliphatic rings. The zero-order valence-electron chi connectivity index (χ0n) is 12.7. The Labute approximate surface area is 134 Å². The average molecular weight is 310 g/mol. The Morgan fingerprint density at radius 1 is 1.30 bits per heavy atom. The second kappa shape index (κ2) is 5.57. The molecule has 2 aromatic rings. The zero-order chi connectivity index (χ0) is 15.7. The lowest BCUT2D eigenvalue weighted by Gasteiger charge is -2.45. The number of nitrogens with zero attached hydrogens (tertiary/aromatic N) is 5. The second-order valence-corrected chi connectivity index (χ2v) is 6.43. The summed E-state index contributed by atoms with van der Waals surface area (Å²) in [6.45, 7) is 1.61. The third-order valence-corrected chi connectivity index (χ3v) is 4.81. The molecule has 0 radical (unpaired) electrons. The van der Waals surface area contributed by atoms with Crippen molar-refractivity contribution in [3.63, 3.8) is 0 Å². The van der Waals surface area contributed by atoms with Crippen molar-refractivity contribution in [2.24, 2.45) is 5.41 Å². The molecule has 1 saturated carbocycles. The Morgan fingerprint density at radius 2 is 2.22 bits per heavy atom. The molecule has 1 amide bonds. The van der Waals surface area contributed by atoms with Crippen molar-refractivity contribution >= 4 is 11.7 Å². The van der Waals surface area contributed by atoms with E-state index in [0.717, 1.165) is 38.2 Å². The molecule has 7 heteroatoms. The maximum Gasteiger partial charge on any atom is 0.274 e. The summed E-state index contributed by atoms with van der Waals surface area (Å²) in [5.74, 6) is 0.854. The highest BCUT2D eigenvalue weighted by Crippen LogP contribution is 2.49. The summed E-state index contributed by atoms with van der Waals surface area (Å²) in [5.41, 5.74) is 0.683. The van der Waals surface area contributed by atoms with Crippen LogP contribution in [-0.4, -0.2) is 50.1 Å². The number of rotatable bonds is 3. The Kier molecular flexibility index (Phi) is 3.40. The molecule has 23 heavy (non-hydrogen) atoms. The summed E-state index contributed by atoms with van der Waals surface area (Å²) >= 11 is 0. The highest BCUT2D eigenvalue weighted by Gasteiger charge is 2.49. The van der Waals surface area contributed by atoms with Crippen molar-refractivity contribution in [3.8, 4) is 0 Å². The van der Waals surface area contributed by atoms with Gasteiger partial charge in [-0.25, -0.2) is 9.97 Å². The Bertz CT molecular complexity index is 686. The number of carbonyl (C=O) groups excluding carboxylic acids is 1. The van der Waals surface area contributed by atoms with E-state index in [0.29, 0.717) is 11.7 Å². The number of hydrogen-bond acceptors (Lipinski definition) is 6. The van der Waals surface area contributed by atoms with E-state index in [1.807, 2.05) is 11.0 Å². The molecule has 118 valence electrons. The first-order valence-corrected chi connectivity index (χ1v) is 7.84. The number of amides is 1. The molecule has 0 unspecified atom stereocenters. The van der Waals surface area contributed by atoms with Crippen LogP contribution in [-0.2, 0) is 0 Å². The Morgan fingerprint density at radius 3 is 2.96 bits per heavy atom. The number of nitrogens with one attached hydrogen (secondary N) is 1. The average Bonchev–Trinajstić information content (AvgIpc) is 3.01. The van der Waals surface area contributed by atoms with E-state index in [1.54, 1.807) is 30.9 Å². The minimum Gasteiger partial charge on any atom is -0.367 e. The maximum absolute atomic E-state index is 12.4. The normalized spacial score (nSPS) is 26.1. The van der Waals surface area contributed by atoms with E-state index >= 15 is 0 Å². The fraction of sp³-hybridized carbons (Fsp3) is 0.438. The number of carbonyl (C=O) groups is 1. The number of aromatic nitrogens is 4. The molecule has 3 heterocycles. The highest BCUT2D eigenvalue weighted by molar-refractivity contribution is 5.92. The van der Waals surface area contributed by atoms with Crippen LogP contribution in [0.2, 0.25) is 0 Å². The van der Waals surface area contributed by atoms with Crippen LogP contribution in [0.1, 0.15) is 29.8 Å². The van der Waals surface area contributed by atoms with Crippen molar-refractivity contribution in [1.29, 1.82) is 0 Å². The van der Waals surface area contributed by atoms with Crippen LogP contribution in [0.25, 0.3) is 0 Å². The van der Waals surface area contributed by atoms with Crippen LogP contribution < -0.4 is 5.32 Å². The zero-order valence-corrected chi connectivity index (χ0v) is 12.7. The van der Waals surface area contributed by atoms with E-state index in [2.05, 4.69) is 25.5 Å². The van der Waals surface area contributed by atoms with E-state index < -0.39 is 0 Å². The third kappa shape index (κ3) is 2.74. The van der Waals surface area contributed by atoms with Crippen molar-refractivity contribution in [2.75, 3.05) is 18.4 Å². The van der Waals surface area contributed by atoms with Gasteiger partial charge >= 0.3 is 0 Å². The Hall–Kier alpha value is -2.57. The molecule has 1 aliphatic heterocycles. The summed E-state index contributed by atoms with van der Waals surface area (Å²) in [4.78, 5) is 22.5. The first kappa shape index (κ1) is 14.0. The minimum atomic E-state index is -0.0119. The fourth-order valence-electron chi connectivity index (χ4n) is 3.69. The SMILES string of the molecule is O=C(c1cccnn1)N1CCC2(CC(Nc3ccncn3)C2)C1. The van der Waals surface area contributed by atoms with Gasteiger partial charge in [-0.3, -0.25) is 4.79 Å². The molecule has 0 bridgehead atoms. The van der Waals surface area contributed by atoms with Crippen LogP contribution in [0.5, 0.6) is 0 Å². The van der Waals surface area contributed by atoms with E-state index in [-0.39, 0.29) is 11.3 Å². The van der Waals surface area contributed by atoms with Gasteiger partial charge in [0.05, 0.1) is 0 Å². The molecule has 7 nitrogen and oxygen atoms in total. The standard InChI is InChI=1S/C16H18N6O/c23-15(13-2-1-5-19-21-13)22-7-4-16(10-22)8-12(9-16)20-14-3-6-17-11-18-14/h1-3,5-6,11-12H,4,7-10H2,(H,17,18,20). The lowest BCUT2D eigenvalue weighted by Crippen LogP contribution is -2.47. The molecule has 4 rings (SSSR count). The smallest absolute Gasteiger partial charge is 0.274 e. The summed E-state index contributed by atoms with van der Waals surface area (Å²) in [7, 11) is 0. The fourth-order valence-corrected chi connectivity index (χ4v) is 3.69. The molecular formula is C16H18N6O. The summed E-state index contributed by atoms with van der Waals surface area (Å²) < 4.78 is 0. The largest absolute Gasteiger partial charge is 0.367 e. The first-order chi connectivity index (χ1) is 11.2. The van der Waals surface area contributed by atoms with Crippen molar-refractivity contribution in [3.05, 3.63) is 42.6 Å². The molecule has 2 aromatic heterocycles. The van der Waals surface area contributed by atoms with Crippen molar-refractivity contribution < 1.29 is 4.79 Å². The molecule has 1 aliphatic carbocycles. The quantitative estimate of drug-likeness (QED) is 0.922. The minimum absolute atomic E-state index is 0.0119. The Balaban J connectivity index is 1.34. The third-order valence-electron chi connectivity index (χ3n) is 4.81. The molecular weight excluding hydrogens is 292 g/mol. The van der Waals surface area contributed by atoms with Gasteiger partial charge in [-0.2, -0.15) is 5.10 Å². The highest BCUT2D eigenvalue weighted by atomic mass is 16.2. The predicted octanol–water partition coefficient (Wildman–Crippen LogP) is 1.37. The van der Waals surface area contributed by atoms with Crippen LogP contribution >= 0.6 is 0 Å². The van der Waals surface area contributed by atoms with Crippen molar-refractivity contribution in [2.45, 2.75) is 25.3 Å². The second-order valence-electron chi connectivity index (χ2n) is 6.43. The molecule has 1 saturated heterocycles. The number of likely N-dealkylation sites (tertiary alicyclic amines) is 1. The maximum atomic E-state index is 12.4. The molecule has 2 fully saturated rings. The predicted molar refractivity (Wildman–Crippen MR) is 83.7 cm³/mol. The lowest BCUT2D eigenvalue weighted by molar-refractivity contribution is 0.0709. The summed E-state index contributed by atoms with van der Waals surface area (Å²) in [6.07, 6.45) is 8.06. The topological polar surface area (TPSA) is 83.9 Å². The van der Waals surface area contributed by atoms with Gasteiger partial charge in [0.1, 0.15) is 12.1 Å². The van der Waals surface area contributed by atoms with Gasteiger partial charge in [0, 0.05) is 31.5 Å². The van der Waals surface area contributed by atoms with E-state index in [1.165, 1.54) is 0 Å². The van der Waals surface area contributed by atoms with Gasteiger partial charge in [0.15, 0.2) is 5.69 Å². The van der Waals surface area contributed by atoms with Gasteiger partial charge in [-0.05, 0) is 42.9 Å². The van der Waals surface area contributed by atoms with Crippen LogP contribution in [0, 0.1) is 5.41 Å². The van der Waals surface area contributed by atoms with Gasteiger partial charge in [0.2, 0.25) is 0 Å². The van der Waals surface area contributed by atoms with Gasteiger partial charge in [-0.1, -0.05) is 0 Å². The van der Waals surface area contributed by atoms with E-state index in [9.17, 15) is 4.79 Å². The number of hydrogen-bond donors (Lipinski definition) is 1. The first-order valence-electron chi connectivity index (χ1n) is 7.84. The lowest BCUT2D eigenvalue weighted by atomic mass is 9.65. The molecule has 0 atom stereocenters. The van der Waals surface area contributed by atoms with Crippen LogP contribution in [0.15, 0.2) is 36.9 Å². The molecule has 1 spiro atoms.